The van der Waals surface area contributed by atoms with Gasteiger partial charge in [-0.25, -0.2) is 4.79 Å². The SMILES string of the molecule is CN(C)C(=O)[C@@H](OC(=O)CCCn1c(=O)oc2cc([N+](=O)[O-])ccc21)c1ccccc1. The molecule has 1 atom stereocenters. The lowest BCUT2D eigenvalue weighted by Gasteiger charge is -2.21. The molecule has 0 saturated carbocycles. The molecule has 3 rings (SSSR count). The number of hydrogen-bond donors (Lipinski definition) is 0. The van der Waals surface area contributed by atoms with E-state index in [0.717, 1.165) is 0 Å². The van der Waals surface area contributed by atoms with Gasteiger partial charge in [0.2, 0.25) is 6.10 Å². The Morgan fingerprint density at radius 1 is 1.19 bits per heavy atom. The topological polar surface area (TPSA) is 125 Å². The molecule has 1 amide bonds. The highest BCUT2D eigenvalue weighted by atomic mass is 16.6. The third kappa shape index (κ3) is 4.97. The molecule has 0 spiro atoms. The van der Waals surface area contributed by atoms with Crippen molar-refractivity contribution < 1.29 is 23.7 Å². The number of carbonyl (C=O) groups excluding carboxylic acids is 2. The largest absolute Gasteiger partial charge is 0.447 e. The van der Waals surface area contributed by atoms with Crippen molar-refractivity contribution in [2.45, 2.75) is 25.5 Å². The summed E-state index contributed by atoms with van der Waals surface area (Å²) in [7, 11) is 3.15. The van der Waals surface area contributed by atoms with E-state index in [-0.39, 0.29) is 36.6 Å². The minimum absolute atomic E-state index is 0.0316. The highest BCUT2D eigenvalue weighted by Gasteiger charge is 2.26. The third-order valence-corrected chi connectivity index (χ3v) is 4.64. The Balaban J connectivity index is 1.66. The van der Waals surface area contributed by atoms with Crippen LogP contribution in [0.4, 0.5) is 5.69 Å². The second kappa shape index (κ2) is 9.24. The number of fused-ring (bicyclic) bond motifs is 1. The van der Waals surface area contributed by atoms with Crippen LogP contribution in [0.1, 0.15) is 24.5 Å². The van der Waals surface area contributed by atoms with E-state index in [9.17, 15) is 24.5 Å². The number of oxazole rings is 1. The predicted molar refractivity (Wildman–Crippen MR) is 110 cm³/mol. The molecule has 162 valence electrons. The smallest absolute Gasteiger partial charge is 0.419 e. The van der Waals surface area contributed by atoms with Crippen molar-refractivity contribution in [1.82, 2.24) is 9.47 Å². The fourth-order valence-electron chi connectivity index (χ4n) is 3.08. The number of nitrogens with zero attached hydrogens (tertiary/aromatic N) is 3. The summed E-state index contributed by atoms with van der Waals surface area (Å²) < 4.78 is 11.8. The molecule has 0 fully saturated rings. The summed E-state index contributed by atoms with van der Waals surface area (Å²) in [6, 6.07) is 12.6. The molecule has 0 aliphatic rings. The van der Waals surface area contributed by atoms with Crippen LogP contribution in [0.15, 0.2) is 57.7 Å². The number of nitro groups is 1. The van der Waals surface area contributed by atoms with E-state index in [1.54, 1.807) is 44.4 Å². The number of esters is 1. The molecule has 31 heavy (non-hydrogen) atoms. The van der Waals surface area contributed by atoms with Gasteiger partial charge in [0.1, 0.15) is 0 Å². The van der Waals surface area contributed by atoms with Crippen LogP contribution < -0.4 is 5.76 Å². The summed E-state index contributed by atoms with van der Waals surface area (Å²) in [5.41, 5.74) is 0.874. The lowest BCUT2D eigenvalue weighted by atomic mass is 10.1. The first kappa shape index (κ1) is 21.8. The number of hydrogen-bond acceptors (Lipinski definition) is 7. The van der Waals surface area contributed by atoms with Gasteiger partial charge in [0, 0.05) is 38.7 Å². The van der Waals surface area contributed by atoms with Gasteiger partial charge in [-0.3, -0.25) is 24.3 Å². The van der Waals surface area contributed by atoms with Crippen molar-refractivity contribution in [3.63, 3.8) is 0 Å². The summed E-state index contributed by atoms with van der Waals surface area (Å²) in [4.78, 5) is 48.5. The van der Waals surface area contributed by atoms with Crippen molar-refractivity contribution in [1.29, 1.82) is 0 Å². The van der Waals surface area contributed by atoms with Gasteiger partial charge in [-0.2, -0.15) is 0 Å². The number of non-ortho nitro benzene ring substituents is 1. The van der Waals surface area contributed by atoms with Crippen molar-refractivity contribution in [2.75, 3.05) is 14.1 Å². The minimum Gasteiger partial charge on any atom is -0.447 e. The number of aryl methyl sites for hydroxylation is 1. The fourth-order valence-corrected chi connectivity index (χ4v) is 3.08. The average molecular weight is 427 g/mol. The third-order valence-electron chi connectivity index (χ3n) is 4.64. The first-order valence-electron chi connectivity index (χ1n) is 9.51. The van der Waals surface area contributed by atoms with E-state index in [4.69, 9.17) is 9.15 Å². The molecular formula is C21H21N3O7. The number of aromatic nitrogens is 1. The zero-order valence-electron chi connectivity index (χ0n) is 17.0. The highest BCUT2D eigenvalue weighted by Crippen LogP contribution is 2.22. The number of likely N-dealkylation sites (N-methyl/N-ethyl adjacent to an activating group) is 1. The van der Waals surface area contributed by atoms with Gasteiger partial charge in [0.25, 0.3) is 11.6 Å². The summed E-state index contributed by atoms with van der Waals surface area (Å²) in [5, 5.41) is 10.9. The van der Waals surface area contributed by atoms with Gasteiger partial charge >= 0.3 is 11.7 Å². The highest BCUT2D eigenvalue weighted by molar-refractivity contribution is 5.84. The van der Waals surface area contributed by atoms with Crippen LogP contribution in [-0.4, -0.2) is 40.4 Å². The van der Waals surface area contributed by atoms with E-state index in [0.29, 0.717) is 11.1 Å². The number of carbonyl (C=O) groups is 2. The molecule has 10 nitrogen and oxygen atoms in total. The van der Waals surface area contributed by atoms with Crippen LogP contribution in [0.3, 0.4) is 0 Å². The van der Waals surface area contributed by atoms with Crippen molar-refractivity contribution in [3.8, 4) is 0 Å². The second-order valence-electron chi connectivity index (χ2n) is 7.05. The Bertz CT molecular complexity index is 1160. The fraction of sp³-hybridized carbons (Fsp3) is 0.286. The zero-order valence-corrected chi connectivity index (χ0v) is 17.0. The standard InChI is InChI=1S/C21H21N3O7/c1-22(2)20(26)19(14-7-4-3-5-8-14)31-18(25)9-6-12-23-16-11-10-15(24(28)29)13-17(16)30-21(23)27/h3-5,7-8,10-11,13,19H,6,9,12H2,1-2H3/t19-/m0/s1. The van der Waals surface area contributed by atoms with Crippen LogP contribution >= 0.6 is 0 Å². The van der Waals surface area contributed by atoms with Crippen LogP contribution in [0.2, 0.25) is 0 Å². The van der Waals surface area contributed by atoms with Crippen molar-refractivity contribution in [3.05, 3.63) is 74.8 Å². The van der Waals surface area contributed by atoms with Gasteiger partial charge in [0.15, 0.2) is 5.58 Å². The lowest BCUT2D eigenvalue weighted by Crippen LogP contribution is -2.31. The van der Waals surface area contributed by atoms with Gasteiger partial charge in [-0.15, -0.1) is 0 Å². The Morgan fingerprint density at radius 2 is 1.90 bits per heavy atom. The van der Waals surface area contributed by atoms with E-state index in [1.807, 2.05) is 0 Å². The Morgan fingerprint density at radius 3 is 2.55 bits per heavy atom. The predicted octanol–water partition coefficient (Wildman–Crippen LogP) is 2.66. The average Bonchev–Trinajstić information content (AvgIpc) is 3.06. The first-order valence-corrected chi connectivity index (χ1v) is 9.51. The van der Waals surface area contributed by atoms with Gasteiger partial charge in [-0.1, -0.05) is 30.3 Å². The Labute approximate surface area is 176 Å². The van der Waals surface area contributed by atoms with E-state index in [2.05, 4.69) is 0 Å². The molecular weight excluding hydrogens is 406 g/mol. The van der Waals surface area contributed by atoms with Crippen molar-refractivity contribution in [2.24, 2.45) is 0 Å². The van der Waals surface area contributed by atoms with Gasteiger partial charge in [-0.05, 0) is 12.5 Å². The molecule has 1 aromatic heterocycles. The Kier molecular flexibility index (Phi) is 6.49. The maximum Gasteiger partial charge on any atom is 0.419 e. The number of benzene rings is 2. The van der Waals surface area contributed by atoms with Gasteiger partial charge < -0.3 is 14.1 Å². The zero-order chi connectivity index (χ0) is 22.5. The molecule has 10 heteroatoms. The molecule has 2 aromatic carbocycles. The molecule has 0 saturated heterocycles. The van der Waals surface area contributed by atoms with E-state index in [1.165, 1.54) is 27.7 Å². The normalized spacial score (nSPS) is 11.8. The quantitative estimate of drug-likeness (QED) is 0.307. The van der Waals surface area contributed by atoms with E-state index < -0.39 is 22.8 Å². The molecule has 0 aliphatic heterocycles. The maximum absolute atomic E-state index is 12.4. The monoisotopic (exact) mass is 427 g/mol. The number of nitro benzene ring substituents is 1. The summed E-state index contributed by atoms with van der Waals surface area (Å²) >= 11 is 0. The number of rotatable bonds is 8. The van der Waals surface area contributed by atoms with Gasteiger partial charge in [0.05, 0.1) is 16.5 Å². The maximum atomic E-state index is 12.4. The molecule has 3 aromatic rings. The molecule has 0 N–H and O–H groups in total. The molecule has 0 aliphatic carbocycles. The van der Waals surface area contributed by atoms with Crippen LogP contribution in [-0.2, 0) is 20.9 Å². The van der Waals surface area contributed by atoms with Crippen LogP contribution in [0.5, 0.6) is 0 Å². The molecule has 0 unspecified atom stereocenters. The molecule has 1 heterocycles. The molecule has 0 radical (unpaired) electrons. The summed E-state index contributed by atoms with van der Waals surface area (Å²) in [6.07, 6.45) is -0.834. The second-order valence-corrected chi connectivity index (χ2v) is 7.05. The lowest BCUT2D eigenvalue weighted by molar-refractivity contribution is -0.384. The van der Waals surface area contributed by atoms with Crippen LogP contribution in [0.25, 0.3) is 11.1 Å². The van der Waals surface area contributed by atoms with Crippen LogP contribution in [0, 0.1) is 10.1 Å². The first-order chi connectivity index (χ1) is 14.8. The molecule has 0 bridgehead atoms. The minimum atomic E-state index is -1.05. The number of ether oxygens (including phenoxy) is 1. The Hall–Kier alpha value is -3.95. The number of amides is 1. The summed E-state index contributed by atoms with van der Waals surface area (Å²) in [5.74, 6) is -1.62. The van der Waals surface area contributed by atoms with Crippen molar-refractivity contribution >= 4 is 28.7 Å². The van der Waals surface area contributed by atoms with E-state index >= 15 is 0 Å². The summed E-state index contributed by atoms with van der Waals surface area (Å²) in [6.45, 7) is 0.149.